The number of thioether (sulfide) groups is 1. The Hall–Kier alpha value is -3.20. The van der Waals surface area contributed by atoms with Gasteiger partial charge >= 0.3 is 0 Å². The zero-order valence-corrected chi connectivity index (χ0v) is 17.4. The standard InChI is InChI=1S/C20H21N7OS/c1-12-17(13(2)26(4)25-12)24-19(28)14(3)29-20-16-10-23-27(18(16)21-11-22-20)15-8-6-5-7-9-15/h5-11,14H,1-4H3,(H,24,28). The van der Waals surface area contributed by atoms with Gasteiger partial charge in [0.1, 0.15) is 11.4 Å². The van der Waals surface area contributed by atoms with Crippen LogP contribution in [0.1, 0.15) is 18.3 Å². The molecule has 3 aromatic heterocycles. The fraction of sp³-hybridized carbons (Fsp3) is 0.250. The molecule has 4 rings (SSSR count). The number of benzene rings is 1. The first kappa shape index (κ1) is 19.1. The van der Waals surface area contributed by atoms with E-state index in [1.54, 1.807) is 15.6 Å². The number of anilines is 1. The minimum atomic E-state index is -0.354. The molecule has 0 spiro atoms. The number of fused-ring (bicyclic) bond motifs is 1. The number of hydrogen-bond donors (Lipinski definition) is 1. The van der Waals surface area contributed by atoms with Gasteiger partial charge in [0.15, 0.2) is 5.65 Å². The molecule has 4 aromatic rings. The summed E-state index contributed by atoms with van der Waals surface area (Å²) in [7, 11) is 1.86. The van der Waals surface area contributed by atoms with Crippen LogP contribution in [0.15, 0.2) is 47.9 Å². The molecule has 0 radical (unpaired) electrons. The Balaban J connectivity index is 1.57. The molecule has 1 amide bonds. The zero-order chi connectivity index (χ0) is 20.5. The van der Waals surface area contributed by atoms with Crippen LogP contribution in [-0.2, 0) is 11.8 Å². The largest absolute Gasteiger partial charge is 0.322 e. The topological polar surface area (TPSA) is 90.5 Å². The average Bonchev–Trinajstić information content (AvgIpc) is 3.26. The molecule has 9 heteroatoms. The van der Waals surface area contributed by atoms with Crippen LogP contribution in [0.25, 0.3) is 16.7 Å². The summed E-state index contributed by atoms with van der Waals surface area (Å²) in [4.78, 5) is 21.5. The fourth-order valence-electron chi connectivity index (χ4n) is 3.07. The molecule has 1 unspecified atom stereocenters. The molecule has 0 aliphatic rings. The quantitative estimate of drug-likeness (QED) is 0.403. The summed E-state index contributed by atoms with van der Waals surface area (Å²) in [5, 5.41) is 13.0. The molecule has 29 heavy (non-hydrogen) atoms. The number of amides is 1. The highest BCUT2D eigenvalue weighted by Crippen LogP contribution is 2.30. The van der Waals surface area contributed by atoms with E-state index in [-0.39, 0.29) is 11.2 Å². The van der Waals surface area contributed by atoms with Gasteiger partial charge in [0.2, 0.25) is 5.91 Å². The highest BCUT2D eigenvalue weighted by molar-refractivity contribution is 8.00. The molecule has 0 fully saturated rings. The lowest BCUT2D eigenvalue weighted by Gasteiger charge is -2.12. The van der Waals surface area contributed by atoms with Gasteiger partial charge in [0, 0.05) is 7.05 Å². The SMILES string of the molecule is Cc1nn(C)c(C)c1NC(=O)C(C)Sc1ncnc2c1cnn2-c1ccccc1. The van der Waals surface area contributed by atoms with Crippen LogP contribution in [0.5, 0.6) is 0 Å². The van der Waals surface area contributed by atoms with E-state index in [9.17, 15) is 4.79 Å². The number of para-hydroxylation sites is 1. The summed E-state index contributed by atoms with van der Waals surface area (Å²) >= 11 is 1.38. The van der Waals surface area contributed by atoms with Gasteiger partial charge in [0.05, 0.1) is 39.6 Å². The monoisotopic (exact) mass is 407 g/mol. The second kappa shape index (κ2) is 7.67. The first-order chi connectivity index (χ1) is 14.0. The molecule has 0 saturated carbocycles. The molecule has 0 aliphatic carbocycles. The lowest BCUT2D eigenvalue weighted by Crippen LogP contribution is -2.23. The number of nitrogens with zero attached hydrogens (tertiary/aromatic N) is 6. The molecule has 0 aliphatic heterocycles. The van der Waals surface area contributed by atoms with E-state index in [2.05, 4.69) is 25.5 Å². The molecule has 1 aromatic carbocycles. The van der Waals surface area contributed by atoms with Crippen molar-refractivity contribution in [2.45, 2.75) is 31.0 Å². The van der Waals surface area contributed by atoms with Crippen LogP contribution in [0.3, 0.4) is 0 Å². The highest BCUT2D eigenvalue weighted by atomic mass is 32.2. The number of carbonyl (C=O) groups is 1. The van der Waals surface area contributed by atoms with Crippen molar-refractivity contribution < 1.29 is 4.79 Å². The maximum atomic E-state index is 12.8. The van der Waals surface area contributed by atoms with Crippen molar-refractivity contribution in [3.8, 4) is 5.69 Å². The summed E-state index contributed by atoms with van der Waals surface area (Å²) in [6, 6.07) is 9.80. The van der Waals surface area contributed by atoms with Gasteiger partial charge in [0.25, 0.3) is 0 Å². The number of aryl methyl sites for hydroxylation is 2. The number of hydrogen-bond acceptors (Lipinski definition) is 6. The second-order valence-corrected chi connectivity index (χ2v) is 8.06. The number of nitrogens with one attached hydrogen (secondary N) is 1. The van der Waals surface area contributed by atoms with Gasteiger partial charge in [-0.05, 0) is 32.9 Å². The molecular formula is C20H21N7OS. The van der Waals surface area contributed by atoms with E-state index in [1.807, 2.05) is 58.2 Å². The summed E-state index contributed by atoms with van der Waals surface area (Å²) in [6.45, 7) is 5.67. The van der Waals surface area contributed by atoms with Crippen LogP contribution in [-0.4, -0.2) is 40.7 Å². The molecular weight excluding hydrogens is 386 g/mol. The van der Waals surface area contributed by atoms with E-state index >= 15 is 0 Å². The smallest absolute Gasteiger partial charge is 0.237 e. The summed E-state index contributed by atoms with van der Waals surface area (Å²) in [5.74, 6) is -0.101. The van der Waals surface area contributed by atoms with E-state index in [1.165, 1.54) is 18.1 Å². The lowest BCUT2D eigenvalue weighted by molar-refractivity contribution is -0.115. The summed E-state index contributed by atoms with van der Waals surface area (Å²) in [6.07, 6.45) is 3.25. The Morgan fingerprint density at radius 1 is 1.17 bits per heavy atom. The van der Waals surface area contributed by atoms with Crippen molar-refractivity contribution in [1.82, 2.24) is 29.5 Å². The van der Waals surface area contributed by atoms with Crippen LogP contribution < -0.4 is 5.32 Å². The number of aromatic nitrogens is 6. The molecule has 1 N–H and O–H groups in total. The van der Waals surface area contributed by atoms with Crippen molar-refractivity contribution in [3.05, 3.63) is 54.2 Å². The lowest BCUT2D eigenvalue weighted by atomic mass is 10.3. The fourth-order valence-corrected chi connectivity index (χ4v) is 3.95. The second-order valence-electron chi connectivity index (χ2n) is 6.73. The average molecular weight is 408 g/mol. The first-order valence-corrected chi connectivity index (χ1v) is 10.1. The third kappa shape index (κ3) is 3.61. The molecule has 0 bridgehead atoms. The number of carbonyl (C=O) groups excluding carboxylic acids is 1. The van der Waals surface area contributed by atoms with Gasteiger partial charge < -0.3 is 5.32 Å². The molecule has 1 atom stereocenters. The maximum Gasteiger partial charge on any atom is 0.237 e. The van der Waals surface area contributed by atoms with Gasteiger partial charge in [-0.1, -0.05) is 30.0 Å². The van der Waals surface area contributed by atoms with Gasteiger partial charge in [-0.25, -0.2) is 14.6 Å². The Morgan fingerprint density at radius 2 is 1.93 bits per heavy atom. The zero-order valence-electron chi connectivity index (χ0n) is 16.6. The van der Waals surface area contributed by atoms with E-state index in [4.69, 9.17) is 0 Å². The minimum absolute atomic E-state index is 0.101. The highest BCUT2D eigenvalue weighted by Gasteiger charge is 2.21. The normalized spacial score (nSPS) is 12.3. The Bertz CT molecular complexity index is 1180. The molecule has 0 saturated heterocycles. The van der Waals surface area contributed by atoms with Crippen LogP contribution >= 0.6 is 11.8 Å². The van der Waals surface area contributed by atoms with Crippen molar-refractivity contribution in [2.75, 3.05) is 5.32 Å². The molecule has 148 valence electrons. The minimum Gasteiger partial charge on any atom is -0.322 e. The Kier molecular flexibility index (Phi) is 5.06. The van der Waals surface area contributed by atoms with Gasteiger partial charge in [-0.3, -0.25) is 9.48 Å². The van der Waals surface area contributed by atoms with Crippen LogP contribution in [0.4, 0.5) is 5.69 Å². The van der Waals surface area contributed by atoms with Gasteiger partial charge in [-0.15, -0.1) is 0 Å². The van der Waals surface area contributed by atoms with E-state index in [0.29, 0.717) is 5.65 Å². The number of rotatable bonds is 5. The predicted octanol–water partition coefficient (Wildman–Crippen LogP) is 3.29. The molecule has 3 heterocycles. The van der Waals surface area contributed by atoms with Crippen molar-refractivity contribution in [3.63, 3.8) is 0 Å². The van der Waals surface area contributed by atoms with Crippen molar-refractivity contribution >= 4 is 34.4 Å². The molecule has 8 nitrogen and oxygen atoms in total. The van der Waals surface area contributed by atoms with E-state index in [0.717, 1.165) is 33.2 Å². The third-order valence-electron chi connectivity index (χ3n) is 4.74. The van der Waals surface area contributed by atoms with Gasteiger partial charge in [-0.2, -0.15) is 10.2 Å². The third-order valence-corrected chi connectivity index (χ3v) is 5.86. The first-order valence-electron chi connectivity index (χ1n) is 9.17. The Morgan fingerprint density at radius 3 is 2.62 bits per heavy atom. The van der Waals surface area contributed by atoms with E-state index < -0.39 is 0 Å². The predicted molar refractivity (Wildman–Crippen MR) is 113 cm³/mol. The van der Waals surface area contributed by atoms with Crippen LogP contribution in [0.2, 0.25) is 0 Å². The Labute approximate surface area is 172 Å². The maximum absolute atomic E-state index is 12.8. The summed E-state index contributed by atoms with van der Waals surface area (Å²) in [5.41, 5.74) is 4.10. The summed E-state index contributed by atoms with van der Waals surface area (Å²) < 4.78 is 3.53. The van der Waals surface area contributed by atoms with Crippen LogP contribution in [0, 0.1) is 13.8 Å². The van der Waals surface area contributed by atoms with Crippen molar-refractivity contribution in [2.24, 2.45) is 7.05 Å². The van der Waals surface area contributed by atoms with Crippen molar-refractivity contribution in [1.29, 1.82) is 0 Å².